The van der Waals surface area contributed by atoms with Gasteiger partial charge in [-0.15, -0.1) is 10.2 Å². The van der Waals surface area contributed by atoms with Crippen LogP contribution >= 0.6 is 23.4 Å². The summed E-state index contributed by atoms with van der Waals surface area (Å²) in [5.41, 5.74) is 3.33. The molecule has 2 aromatic carbocycles. The highest BCUT2D eigenvalue weighted by molar-refractivity contribution is 7.99. The zero-order valence-electron chi connectivity index (χ0n) is 17.0. The van der Waals surface area contributed by atoms with Gasteiger partial charge in [-0.3, -0.25) is 4.79 Å². The van der Waals surface area contributed by atoms with Gasteiger partial charge in [0.2, 0.25) is 11.8 Å². The normalized spacial score (nSPS) is 14.1. The second-order valence-corrected chi connectivity index (χ2v) is 8.60. The second kappa shape index (κ2) is 9.28. The summed E-state index contributed by atoms with van der Waals surface area (Å²) in [5, 5.41) is 10.3. The number of nitrogens with zero attached hydrogens (tertiary/aromatic N) is 4. The second-order valence-electron chi connectivity index (χ2n) is 7.23. The summed E-state index contributed by atoms with van der Waals surface area (Å²) in [5.74, 6) is 0.673. The minimum atomic E-state index is 0.0393. The van der Waals surface area contributed by atoms with Crippen LogP contribution in [0, 0.1) is 0 Å². The standard InChI is InChI=1S/C23H19ClN4O3S/c24-16-7-5-15(6-8-16)20-13-18(17-3-1-2-4-19(17)25-20)22-26-27-23(31-22)32-14-21(29)28-9-11-30-12-10-28/h1-8,13H,9-12,14H2. The highest BCUT2D eigenvalue weighted by Gasteiger charge is 2.19. The summed E-state index contributed by atoms with van der Waals surface area (Å²) in [4.78, 5) is 19.0. The summed E-state index contributed by atoms with van der Waals surface area (Å²) < 4.78 is 11.2. The number of hydrogen-bond acceptors (Lipinski definition) is 7. The molecule has 162 valence electrons. The molecule has 1 fully saturated rings. The third kappa shape index (κ3) is 4.48. The van der Waals surface area contributed by atoms with Gasteiger partial charge in [0.1, 0.15) is 0 Å². The molecule has 0 radical (unpaired) electrons. The van der Waals surface area contributed by atoms with Gasteiger partial charge in [-0.1, -0.05) is 53.7 Å². The van der Waals surface area contributed by atoms with E-state index in [-0.39, 0.29) is 11.7 Å². The predicted octanol–water partition coefficient (Wildman–Crippen LogP) is 4.56. The van der Waals surface area contributed by atoms with E-state index in [1.54, 1.807) is 4.90 Å². The monoisotopic (exact) mass is 466 g/mol. The SMILES string of the molecule is O=C(CSc1nnc(-c2cc(-c3ccc(Cl)cc3)nc3ccccc23)o1)N1CCOCC1. The lowest BCUT2D eigenvalue weighted by Gasteiger charge is -2.26. The van der Waals surface area contributed by atoms with Gasteiger partial charge >= 0.3 is 0 Å². The number of carbonyl (C=O) groups excluding carboxylic acids is 1. The number of amides is 1. The maximum absolute atomic E-state index is 12.4. The average Bonchev–Trinajstić information content (AvgIpc) is 3.32. The minimum absolute atomic E-state index is 0.0393. The van der Waals surface area contributed by atoms with E-state index in [9.17, 15) is 4.79 Å². The molecule has 32 heavy (non-hydrogen) atoms. The lowest BCUT2D eigenvalue weighted by molar-refractivity contribution is -0.132. The lowest BCUT2D eigenvalue weighted by Crippen LogP contribution is -2.41. The Kier molecular flexibility index (Phi) is 6.07. The van der Waals surface area contributed by atoms with Gasteiger partial charge in [0.05, 0.1) is 35.7 Å². The molecular weight excluding hydrogens is 448 g/mol. The number of carbonyl (C=O) groups is 1. The van der Waals surface area contributed by atoms with Gasteiger partial charge in [0.25, 0.3) is 5.22 Å². The molecule has 1 aliphatic rings. The van der Waals surface area contributed by atoms with Crippen LogP contribution in [0.5, 0.6) is 0 Å². The maximum atomic E-state index is 12.4. The number of ether oxygens (including phenoxy) is 1. The van der Waals surface area contributed by atoms with Gasteiger partial charge in [-0.05, 0) is 24.3 Å². The molecule has 1 saturated heterocycles. The van der Waals surface area contributed by atoms with Crippen LogP contribution in [0.15, 0.2) is 64.2 Å². The fourth-order valence-electron chi connectivity index (χ4n) is 3.53. The fourth-order valence-corrected chi connectivity index (χ4v) is 4.32. The zero-order chi connectivity index (χ0) is 21.9. The molecule has 0 N–H and O–H groups in total. The van der Waals surface area contributed by atoms with Crippen molar-refractivity contribution in [1.82, 2.24) is 20.1 Å². The van der Waals surface area contributed by atoms with Crippen molar-refractivity contribution in [2.24, 2.45) is 0 Å². The van der Waals surface area contributed by atoms with Gasteiger partial charge < -0.3 is 14.1 Å². The number of para-hydroxylation sites is 1. The topological polar surface area (TPSA) is 81.3 Å². The largest absolute Gasteiger partial charge is 0.411 e. The summed E-state index contributed by atoms with van der Waals surface area (Å²) in [7, 11) is 0. The molecule has 0 unspecified atom stereocenters. The van der Waals surface area contributed by atoms with Crippen LogP contribution in [0.4, 0.5) is 0 Å². The third-order valence-electron chi connectivity index (χ3n) is 5.18. The third-order valence-corrected chi connectivity index (χ3v) is 6.23. The molecule has 9 heteroatoms. The van der Waals surface area contributed by atoms with Crippen LogP contribution in [0.2, 0.25) is 5.02 Å². The molecule has 5 rings (SSSR count). The van der Waals surface area contributed by atoms with Crippen LogP contribution in [0.25, 0.3) is 33.6 Å². The molecule has 1 aliphatic heterocycles. The van der Waals surface area contributed by atoms with E-state index in [4.69, 9.17) is 25.7 Å². The molecule has 1 amide bonds. The van der Waals surface area contributed by atoms with Crippen molar-refractivity contribution in [3.05, 3.63) is 59.6 Å². The number of benzene rings is 2. The zero-order valence-corrected chi connectivity index (χ0v) is 18.6. The van der Waals surface area contributed by atoms with E-state index in [0.29, 0.717) is 42.4 Å². The number of morpholine rings is 1. The Bertz CT molecular complexity index is 1260. The first kappa shape index (κ1) is 20.9. The average molecular weight is 467 g/mol. The van der Waals surface area contributed by atoms with E-state index in [2.05, 4.69) is 10.2 Å². The number of halogens is 1. The summed E-state index contributed by atoms with van der Waals surface area (Å²) in [6, 6.07) is 17.3. The number of thioether (sulfide) groups is 1. The minimum Gasteiger partial charge on any atom is -0.411 e. The van der Waals surface area contributed by atoms with Gasteiger partial charge in [-0.2, -0.15) is 0 Å². The molecule has 0 spiro atoms. The van der Waals surface area contributed by atoms with Gasteiger partial charge in [-0.25, -0.2) is 4.98 Å². The highest BCUT2D eigenvalue weighted by Crippen LogP contribution is 2.33. The Morgan fingerprint density at radius 2 is 1.84 bits per heavy atom. The highest BCUT2D eigenvalue weighted by atomic mass is 35.5. The van der Waals surface area contributed by atoms with Gasteiger partial charge in [0, 0.05) is 29.1 Å². The molecule has 0 bridgehead atoms. The lowest BCUT2D eigenvalue weighted by atomic mass is 10.0. The number of pyridine rings is 1. The predicted molar refractivity (Wildman–Crippen MR) is 124 cm³/mol. The summed E-state index contributed by atoms with van der Waals surface area (Å²) in [6.45, 7) is 2.38. The molecule has 0 atom stereocenters. The molecule has 3 heterocycles. The molecule has 4 aromatic rings. The van der Waals surface area contributed by atoms with Crippen molar-refractivity contribution in [3.8, 4) is 22.7 Å². The fraction of sp³-hybridized carbons (Fsp3) is 0.217. The summed E-state index contributed by atoms with van der Waals surface area (Å²) in [6.07, 6.45) is 0. The molecule has 0 aliphatic carbocycles. The summed E-state index contributed by atoms with van der Waals surface area (Å²) >= 11 is 7.28. The van der Waals surface area contributed by atoms with E-state index in [0.717, 1.165) is 27.7 Å². The molecule has 0 saturated carbocycles. The van der Waals surface area contributed by atoms with Crippen molar-refractivity contribution in [3.63, 3.8) is 0 Å². The first-order chi connectivity index (χ1) is 15.7. The first-order valence-corrected chi connectivity index (χ1v) is 11.5. The Morgan fingerprint density at radius 1 is 1.06 bits per heavy atom. The van der Waals surface area contributed by atoms with E-state index in [1.807, 2.05) is 54.6 Å². The molecular formula is C23H19ClN4O3S. The van der Waals surface area contributed by atoms with E-state index >= 15 is 0 Å². The number of aromatic nitrogens is 3. The molecule has 7 nitrogen and oxygen atoms in total. The van der Waals surface area contributed by atoms with Crippen LogP contribution in [0.3, 0.4) is 0 Å². The maximum Gasteiger partial charge on any atom is 0.277 e. The number of rotatable bonds is 5. The van der Waals surface area contributed by atoms with E-state index < -0.39 is 0 Å². The Labute approximate surface area is 193 Å². The van der Waals surface area contributed by atoms with Crippen molar-refractivity contribution >= 4 is 40.2 Å². The quantitative estimate of drug-likeness (QED) is 0.399. The Morgan fingerprint density at radius 3 is 2.66 bits per heavy atom. The first-order valence-electron chi connectivity index (χ1n) is 10.2. The smallest absolute Gasteiger partial charge is 0.277 e. The van der Waals surface area contributed by atoms with Crippen LogP contribution in [-0.4, -0.2) is 58.0 Å². The van der Waals surface area contributed by atoms with Crippen molar-refractivity contribution in [2.75, 3.05) is 32.1 Å². The van der Waals surface area contributed by atoms with Crippen LogP contribution in [-0.2, 0) is 9.53 Å². The van der Waals surface area contributed by atoms with Crippen molar-refractivity contribution in [2.45, 2.75) is 5.22 Å². The van der Waals surface area contributed by atoms with Crippen molar-refractivity contribution < 1.29 is 13.9 Å². The Balaban J connectivity index is 1.42. The number of hydrogen-bond donors (Lipinski definition) is 0. The Hall–Kier alpha value is -2.94. The van der Waals surface area contributed by atoms with Crippen LogP contribution < -0.4 is 0 Å². The van der Waals surface area contributed by atoms with Gasteiger partial charge in [0.15, 0.2) is 0 Å². The number of fused-ring (bicyclic) bond motifs is 1. The van der Waals surface area contributed by atoms with Crippen LogP contribution in [0.1, 0.15) is 0 Å². The van der Waals surface area contributed by atoms with E-state index in [1.165, 1.54) is 11.8 Å². The molecule has 2 aromatic heterocycles. The van der Waals surface area contributed by atoms with Crippen molar-refractivity contribution in [1.29, 1.82) is 0 Å².